The van der Waals surface area contributed by atoms with Crippen LogP contribution in [0.25, 0.3) is 0 Å². The van der Waals surface area contributed by atoms with Crippen molar-refractivity contribution in [2.45, 2.75) is 18.7 Å². The lowest BCUT2D eigenvalue weighted by Crippen LogP contribution is -2.40. The lowest BCUT2D eigenvalue weighted by atomic mass is 10.1. The summed E-state index contributed by atoms with van der Waals surface area (Å²) >= 11 is 6.16. The Hall–Kier alpha value is -1.93. The zero-order valence-electron chi connectivity index (χ0n) is 15.2. The Labute approximate surface area is 164 Å². The SMILES string of the molecule is Cc1ccc(NC(=O)c2ccc(C)c(S(=O)(=O)N3CCOCC3)c2)c(Cl)c1. The fraction of sp³-hybridized carbons (Fsp3) is 0.316. The van der Waals surface area contributed by atoms with Crippen LogP contribution < -0.4 is 5.32 Å². The van der Waals surface area contributed by atoms with E-state index in [1.165, 1.54) is 10.4 Å². The number of hydrogen-bond acceptors (Lipinski definition) is 4. The monoisotopic (exact) mass is 408 g/mol. The minimum absolute atomic E-state index is 0.132. The number of hydrogen-bond donors (Lipinski definition) is 1. The standard InChI is InChI=1S/C19H21ClN2O4S/c1-13-3-6-17(16(20)11-13)21-19(23)15-5-4-14(2)18(12-15)27(24,25)22-7-9-26-10-8-22/h3-6,11-12H,7-10H2,1-2H3,(H,21,23). The number of aryl methyl sites for hydroxylation is 2. The van der Waals surface area contributed by atoms with E-state index in [9.17, 15) is 13.2 Å². The van der Waals surface area contributed by atoms with Crippen molar-refractivity contribution in [1.29, 1.82) is 0 Å². The molecular formula is C19H21ClN2O4S. The number of rotatable bonds is 4. The summed E-state index contributed by atoms with van der Waals surface area (Å²) in [6.45, 7) is 4.95. The van der Waals surface area contributed by atoms with Crippen LogP contribution in [0.3, 0.4) is 0 Å². The van der Waals surface area contributed by atoms with Crippen LogP contribution in [-0.4, -0.2) is 44.9 Å². The first-order valence-electron chi connectivity index (χ1n) is 8.55. The van der Waals surface area contributed by atoms with Gasteiger partial charge in [-0.3, -0.25) is 4.79 Å². The molecule has 2 aromatic carbocycles. The van der Waals surface area contributed by atoms with Gasteiger partial charge in [-0.1, -0.05) is 23.7 Å². The number of carbonyl (C=O) groups is 1. The van der Waals surface area contributed by atoms with E-state index in [1.807, 2.05) is 13.0 Å². The van der Waals surface area contributed by atoms with Crippen LogP contribution in [-0.2, 0) is 14.8 Å². The van der Waals surface area contributed by atoms with Crippen molar-refractivity contribution in [3.05, 3.63) is 58.1 Å². The Morgan fingerprint density at radius 2 is 1.81 bits per heavy atom. The van der Waals surface area contributed by atoms with Crippen LogP contribution in [0, 0.1) is 13.8 Å². The molecule has 6 nitrogen and oxygen atoms in total. The summed E-state index contributed by atoms with van der Waals surface area (Å²) in [5, 5.41) is 3.16. The number of nitrogens with one attached hydrogen (secondary N) is 1. The number of benzene rings is 2. The molecule has 1 aliphatic heterocycles. The van der Waals surface area contributed by atoms with Gasteiger partial charge in [-0.25, -0.2) is 8.42 Å². The first-order chi connectivity index (χ1) is 12.8. The molecular weight excluding hydrogens is 388 g/mol. The first kappa shape index (κ1) is 19.8. The molecule has 2 aromatic rings. The van der Waals surface area contributed by atoms with Crippen LogP contribution in [0.2, 0.25) is 5.02 Å². The van der Waals surface area contributed by atoms with Gasteiger partial charge in [0.1, 0.15) is 0 Å². The molecule has 1 aliphatic rings. The van der Waals surface area contributed by atoms with Crippen molar-refractivity contribution in [3.63, 3.8) is 0 Å². The van der Waals surface area contributed by atoms with Crippen molar-refractivity contribution in [2.24, 2.45) is 0 Å². The first-order valence-corrected chi connectivity index (χ1v) is 10.4. The second kappa shape index (κ2) is 7.98. The number of anilines is 1. The minimum Gasteiger partial charge on any atom is -0.379 e. The van der Waals surface area contributed by atoms with Gasteiger partial charge in [0.2, 0.25) is 10.0 Å². The molecule has 3 rings (SSSR count). The highest BCUT2D eigenvalue weighted by molar-refractivity contribution is 7.89. The lowest BCUT2D eigenvalue weighted by molar-refractivity contribution is 0.0730. The molecule has 0 saturated carbocycles. The molecule has 0 aromatic heterocycles. The van der Waals surface area contributed by atoms with E-state index in [1.54, 1.807) is 31.2 Å². The highest BCUT2D eigenvalue weighted by Gasteiger charge is 2.28. The van der Waals surface area contributed by atoms with Crippen LogP contribution in [0.5, 0.6) is 0 Å². The zero-order chi connectivity index (χ0) is 19.6. The third-order valence-corrected chi connectivity index (χ3v) is 6.76. The quantitative estimate of drug-likeness (QED) is 0.842. The Kier molecular flexibility index (Phi) is 5.86. The smallest absolute Gasteiger partial charge is 0.255 e. The fourth-order valence-electron chi connectivity index (χ4n) is 2.86. The molecule has 1 saturated heterocycles. The molecule has 144 valence electrons. The Morgan fingerprint density at radius 1 is 1.11 bits per heavy atom. The van der Waals surface area contributed by atoms with E-state index in [4.69, 9.17) is 16.3 Å². The van der Waals surface area contributed by atoms with Gasteiger partial charge in [0.05, 0.1) is 28.8 Å². The summed E-state index contributed by atoms with van der Waals surface area (Å²) < 4.78 is 32.5. The number of carbonyl (C=O) groups excluding carboxylic acids is 1. The van der Waals surface area contributed by atoms with Crippen LogP contribution >= 0.6 is 11.6 Å². The van der Waals surface area contributed by atoms with Crippen molar-refractivity contribution < 1.29 is 17.9 Å². The molecule has 0 bridgehead atoms. The number of halogens is 1. The van der Waals surface area contributed by atoms with Gasteiger partial charge in [-0.2, -0.15) is 4.31 Å². The van der Waals surface area contributed by atoms with Crippen LogP contribution in [0.15, 0.2) is 41.3 Å². The normalized spacial score (nSPS) is 15.5. The van der Waals surface area contributed by atoms with Gasteiger partial charge in [-0.15, -0.1) is 0 Å². The van der Waals surface area contributed by atoms with E-state index >= 15 is 0 Å². The lowest BCUT2D eigenvalue weighted by Gasteiger charge is -2.26. The van der Waals surface area contributed by atoms with Gasteiger partial charge < -0.3 is 10.1 Å². The molecule has 1 heterocycles. The van der Waals surface area contributed by atoms with Gasteiger partial charge >= 0.3 is 0 Å². The average molecular weight is 409 g/mol. The van der Waals surface area contributed by atoms with Gasteiger partial charge in [0.15, 0.2) is 0 Å². The maximum Gasteiger partial charge on any atom is 0.255 e. The summed E-state index contributed by atoms with van der Waals surface area (Å²) in [5.41, 5.74) is 2.30. The van der Waals surface area contributed by atoms with E-state index in [0.717, 1.165) is 5.56 Å². The summed E-state index contributed by atoms with van der Waals surface area (Å²) in [6.07, 6.45) is 0. The molecule has 0 radical (unpaired) electrons. The predicted molar refractivity (Wildman–Crippen MR) is 105 cm³/mol. The van der Waals surface area contributed by atoms with E-state index in [2.05, 4.69) is 5.32 Å². The van der Waals surface area contributed by atoms with Gasteiger partial charge in [0, 0.05) is 18.7 Å². The van der Waals surface area contributed by atoms with Crippen LogP contribution in [0.4, 0.5) is 5.69 Å². The zero-order valence-corrected chi connectivity index (χ0v) is 16.7. The van der Waals surface area contributed by atoms with Crippen molar-refractivity contribution in [2.75, 3.05) is 31.6 Å². The summed E-state index contributed by atoms with van der Waals surface area (Å²) in [6, 6.07) is 9.96. The second-order valence-electron chi connectivity index (χ2n) is 6.43. The second-order valence-corrected chi connectivity index (χ2v) is 8.75. The minimum atomic E-state index is -3.69. The number of nitrogens with zero attached hydrogens (tertiary/aromatic N) is 1. The fourth-order valence-corrected chi connectivity index (χ4v) is 4.80. The average Bonchev–Trinajstić information content (AvgIpc) is 2.65. The Bertz CT molecular complexity index is 970. The third-order valence-electron chi connectivity index (χ3n) is 4.41. The molecule has 8 heteroatoms. The highest BCUT2D eigenvalue weighted by Crippen LogP contribution is 2.25. The maximum atomic E-state index is 13.0. The molecule has 1 amide bonds. The number of morpholine rings is 1. The van der Waals surface area contributed by atoms with Gasteiger partial charge in [0.25, 0.3) is 5.91 Å². The number of amides is 1. The molecule has 0 spiro atoms. The molecule has 0 unspecified atom stereocenters. The molecule has 0 aliphatic carbocycles. The van der Waals surface area contributed by atoms with Gasteiger partial charge in [-0.05, 0) is 49.2 Å². The number of sulfonamides is 1. The summed E-state index contributed by atoms with van der Waals surface area (Å²) in [5.74, 6) is -0.417. The van der Waals surface area contributed by atoms with Crippen molar-refractivity contribution in [3.8, 4) is 0 Å². The van der Waals surface area contributed by atoms with E-state index in [-0.39, 0.29) is 10.5 Å². The summed E-state index contributed by atoms with van der Waals surface area (Å²) in [4.78, 5) is 12.8. The molecule has 1 fully saturated rings. The summed E-state index contributed by atoms with van der Waals surface area (Å²) in [7, 11) is -3.69. The Morgan fingerprint density at radius 3 is 2.48 bits per heavy atom. The topological polar surface area (TPSA) is 75.7 Å². The molecule has 1 N–H and O–H groups in total. The predicted octanol–water partition coefficient (Wildman–Crippen LogP) is 3.23. The molecule has 27 heavy (non-hydrogen) atoms. The largest absolute Gasteiger partial charge is 0.379 e. The Balaban J connectivity index is 1.89. The maximum absolute atomic E-state index is 13.0. The van der Waals surface area contributed by atoms with Crippen molar-refractivity contribution in [1.82, 2.24) is 4.31 Å². The van der Waals surface area contributed by atoms with E-state index < -0.39 is 15.9 Å². The number of ether oxygens (including phenoxy) is 1. The van der Waals surface area contributed by atoms with E-state index in [0.29, 0.717) is 42.6 Å². The molecule has 0 atom stereocenters. The third kappa shape index (κ3) is 4.32. The van der Waals surface area contributed by atoms with Crippen molar-refractivity contribution >= 4 is 33.2 Å². The highest BCUT2D eigenvalue weighted by atomic mass is 35.5. The van der Waals surface area contributed by atoms with Crippen LogP contribution in [0.1, 0.15) is 21.5 Å².